The Labute approximate surface area is 148 Å². The largest absolute Gasteiger partial charge is 0.361 e. The number of Topliss-reactive ketones (excluding diaryl/α,β-unsaturated/α-hetero) is 1. The second kappa shape index (κ2) is 7.09. The number of benzene rings is 2. The van der Waals surface area contributed by atoms with Gasteiger partial charge < -0.3 is 10.2 Å². The predicted molar refractivity (Wildman–Crippen MR) is 101 cm³/mol. The highest BCUT2D eigenvalue weighted by Crippen LogP contribution is 2.30. The smallest absolute Gasteiger partial charge is 0.221 e. The molecule has 1 amide bonds. The minimum Gasteiger partial charge on any atom is -0.361 e. The molecule has 1 N–H and O–H groups in total. The van der Waals surface area contributed by atoms with Crippen molar-refractivity contribution in [1.29, 1.82) is 0 Å². The molecule has 0 aromatic heterocycles. The molecule has 1 aliphatic heterocycles. The van der Waals surface area contributed by atoms with E-state index in [2.05, 4.69) is 35.3 Å². The molecule has 0 bridgehead atoms. The third kappa shape index (κ3) is 3.73. The lowest BCUT2D eigenvalue weighted by atomic mass is 9.96. The number of fused-ring (bicyclic) bond motifs is 1. The summed E-state index contributed by atoms with van der Waals surface area (Å²) in [6.45, 7) is 6.44. The van der Waals surface area contributed by atoms with Crippen molar-refractivity contribution in [2.24, 2.45) is 0 Å². The van der Waals surface area contributed by atoms with E-state index < -0.39 is 0 Å². The SMILES string of the molecule is CC(=O)Nc1ccc(C(=O)[C@H](C)N2CCCc3cc(C)ccc32)cc1. The van der Waals surface area contributed by atoms with Crippen LogP contribution in [0.2, 0.25) is 0 Å². The summed E-state index contributed by atoms with van der Waals surface area (Å²) in [5, 5.41) is 2.72. The quantitative estimate of drug-likeness (QED) is 0.859. The van der Waals surface area contributed by atoms with Crippen LogP contribution >= 0.6 is 0 Å². The minimum absolute atomic E-state index is 0.0998. The van der Waals surface area contributed by atoms with E-state index in [0.29, 0.717) is 11.3 Å². The number of ketones is 1. The summed E-state index contributed by atoms with van der Waals surface area (Å²) >= 11 is 0. The lowest BCUT2D eigenvalue weighted by Crippen LogP contribution is -2.42. The van der Waals surface area contributed by atoms with Gasteiger partial charge in [-0.15, -0.1) is 0 Å². The Bertz CT molecular complexity index is 796. The van der Waals surface area contributed by atoms with Crippen molar-refractivity contribution in [1.82, 2.24) is 0 Å². The van der Waals surface area contributed by atoms with Crippen LogP contribution in [0.15, 0.2) is 42.5 Å². The molecular weight excluding hydrogens is 312 g/mol. The molecule has 0 fully saturated rings. The number of hydrogen-bond donors (Lipinski definition) is 1. The zero-order valence-corrected chi connectivity index (χ0v) is 15.0. The van der Waals surface area contributed by atoms with Gasteiger partial charge in [-0.05, 0) is 62.6 Å². The molecule has 0 unspecified atom stereocenters. The Balaban J connectivity index is 1.80. The average Bonchev–Trinajstić information content (AvgIpc) is 2.60. The molecule has 2 aromatic carbocycles. The summed E-state index contributed by atoms with van der Waals surface area (Å²) in [7, 11) is 0. The first kappa shape index (κ1) is 17.2. The van der Waals surface area contributed by atoms with Crippen LogP contribution in [0.25, 0.3) is 0 Å². The Morgan fingerprint density at radius 2 is 1.84 bits per heavy atom. The molecule has 0 saturated carbocycles. The topological polar surface area (TPSA) is 49.4 Å². The fourth-order valence-corrected chi connectivity index (χ4v) is 3.46. The van der Waals surface area contributed by atoms with E-state index in [-0.39, 0.29) is 17.7 Å². The second-order valence-electron chi connectivity index (χ2n) is 6.73. The van der Waals surface area contributed by atoms with Gasteiger partial charge >= 0.3 is 0 Å². The fourth-order valence-electron chi connectivity index (χ4n) is 3.46. The molecule has 1 atom stereocenters. The molecule has 25 heavy (non-hydrogen) atoms. The number of carbonyl (C=O) groups is 2. The van der Waals surface area contributed by atoms with Gasteiger partial charge in [0.15, 0.2) is 5.78 Å². The molecule has 0 aliphatic carbocycles. The van der Waals surface area contributed by atoms with E-state index in [0.717, 1.165) is 19.4 Å². The van der Waals surface area contributed by atoms with Crippen molar-refractivity contribution in [3.63, 3.8) is 0 Å². The van der Waals surface area contributed by atoms with Gasteiger partial charge in [-0.3, -0.25) is 9.59 Å². The molecular formula is C21H24N2O2. The molecule has 0 spiro atoms. The third-order valence-electron chi connectivity index (χ3n) is 4.73. The molecule has 2 aromatic rings. The van der Waals surface area contributed by atoms with Gasteiger partial charge in [0.25, 0.3) is 0 Å². The van der Waals surface area contributed by atoms with E-state index in [9.17, 15) is 9.59 Å². The van der Waals surface area contributed by atoms with Crippen molar-refractivity contribution < 1.29 is 9.59 Å². The van der Waals surface area contributed by atoms with Crippen LogP contribution in [0.1, 0.15) is 41.8 Å². The summed E-state index contributed by atoms with van der Waals surface area (Å²) in [6.07, 6.45) is 2.13. The highest BCUT2D eigenvalue weighted by molar-refractivity contribution is 6.02. The predicted octanol–water partition coefficient (Wildman–Crippen LogP) is 3.98. The number of aryl methyl sites for hydroxylation is 2. The van der Waals surface area contributed by atoms with Crippen molar-refractivity contribution >= 4 is 23.1 Å². The molecule has 0 saturated heterocycles. The van der Waals surface area contributed by atoms with Crippen LogP contribution in [-0.4, -0.2) is 24.3 Å². The summed E-state index contributed by atoms with van der Waals surface area (Å²) in [5.41, 5.74) is 5.13. The van der Waals surface area contributed by atoms with E-state index in [1.807, 2.05) is 6.92 Å². The van der Waals surface area contributed by atoms with Crippen molar-refractivity contribution in [2.75, 3.05) is 16.8 Å². The van der Waals surface area contributed by atoms with E-state index in [1.165, 1.54) is 23.7 Å². The molecule has 3 rings (SSSR count). The zero-order chi connectivity index (χ0) is 18.0. The van der Waals surface area contributed by atoms with Crippen LogP contribution < -0.4 is 10.2 Å². The number of carbonyl (C=O) groups excluding carboxylic acids is 2. The highest BCUT2D eigenvalue weighted by Gasteiger charge is 2.26. The van der Waals surface area contributed by atoms with Gasteiger partial charge in [0.1, 0.15) is 0 Å². The van der Waals surface area contributed by atoms with Crippen molar-refractivity contribution in [3.05, 3.63) is 59.2 Å². The first-order valence-electron chi connectivity index (χ1n) is 8.74. The lowest BCUT2D eigenvalue weighted by Gasteiger charge is -2.35. The van der Waals surface area contributed by atoms with Crippen LogP contribution in [0, 0.1) is 6.92 Å². The van der Waals surface area contributed by atoms with Gasteiger partial charge in [0, 0.05) is 30.4 Å². The van der Waals surface area contributed by atoms with E-state index in [4.69, 9.17) is 0 Å². The van der Waals surface area contributed by atoms with Gasteiger partial charge in [-0.2, -0.15) is 0 Å². The minimum atomic E-state index is -0.214. The monoisotopic (exact) mass is 336 g/mol. The molecule has 4 heteroatoms. The Hall–Kier alpha value is -2.62. The molecule has 0 radical (unpaired) electrons. The second-order valence-corrected chi connectivity index (χ2v) is 6.73. The number of nitrogens with one attached hydrogen (secondary N) is 1. The average molecular weight is 336 g/mol. The van der Waals surface area contributed by atoms with Crippen LogP contribution in [0.4, 0.5) is 11.4 Å². The van der Waals surface area contributed by atoms with Crippen LogP contribution in [0.5, 0.6) is 0 Å². The maximum atomic E-state index is 12.9. The van der Waals surface area contributed by atoms with E-state index >= 15 is 0 Å². The van der Waals surface area contributed by atoms with E-state index in [1.54, 1.807) is 24.3 Å². The number of nitrogens with zero attached hydrogens (tertiary/aromatic N) is 1. The van der Waals surface area contributed by atoms with Crippen molar-refractivity contribution in [2.45, 2.75) is 39.7 Å². The molecule has 4 nitrogen and oxygen atoms in total. The fraction of sp³-hybridized carbons (Fsp3) is 0.333. The Morgan fingerprint density at radius 1 is 1.12 bits per heavy atom. The standard InChI is InChI=1S/C21H24N2O2/c1-14-6-11-20-18(13-14)5-4-12-23(20)15(2)21(25)17-7-9-19(10-8-17)22-16(3)24/h6-11,13,15H,4-5,12H2,1-3H3,(H,22,24)/t15-/m0/s1. The third-order valence-corrected chi connectivity index (χ3v) is 4.73. The first-order valence-corrected chi connectivity index (χ1v) is 8.74. The molecule has 1 heterocycles. The summed E-state index contributed by atoms with van der Waals surface area (Å²) in [4.78, 5) is 26.2. The summed E-state index contributed by atoms with van der Waals surface area (Å²) in [5.74, 6) is -0.0181. The van der Waals surface area contributed by atoms with Gasteiger partial charge in [-0.1, -0.05) is 17.7 Å². The van der Waals surface area contributed by atoms with Crippen LogP contribution in [0.3, 0.4) is 0 Å². The first-order chi connectivity index (χ1) is 12.0. The maximum absolute atomic E-state index is 12.9. The van der Waals surface area contributed by atoms with Crippen LogP contribution in [-0.2, 0) is 11.2 Å². The normalized spacial score (nSPS) is 14.6. The van der Waals surface area contributed by atoms with Gasteiger partial charge in [-0.25, -0.2) is 0 Å². The molecule has 130 valence electrons. The maximum Gasteiger partial charge on any atom is 0.221 e. The van der Waals surface area contributed by atoms with Gasteiger partial charge in [0.05, 0.1) is 6.04 Å². The molecule has 1 aliphatic rings. The Kier molecular flexibility index (Phi) is 4.88. The summed E-state index contributed by atoms with van der Waals surface area (Å²) < 4.78 is 0. The lowest BCUT2D eigenvalue weighted by molar-refractivity contribution is -0.114. The summed E-state index contributed by atoms with van der Waals surface area (Å²) in [6, 6.07) is 13.4. The Morgan fingerprint density at radius 3 is 2.52 bits per heavy atom. The highest BCUT2D eigenvalue weighted by atomic mass is 16.1. The zero-order valence-electron chi connectivity index (χ0n) is 15.0. The number of rotatable bonds is 4. The van der Waals surface area contributed by atoms with Crippen molar-refractivity contribution in [3.8, 4) is 0 Å². The number of anilines is 2. The number of amides is 1. The number of hydrogen-bond acceptors (Lipinski definition) is 3. The van der Waals surface area contributed by atoms with Gasteiger partial charge in [0.2, 0.25) is 5.91 Å².